The number of hydrogen-bond acceptors (Lipinski definition) is 2. The minimum absolute atomic E-state index is 0.662. The topological polar surface area (TPSA) is 15.3 Å². The molecule has 0 spiro atoms. The summed E-state index contributed by atoms with van der Waals surface area (Å²) < 4.78 is 0. The van der Waals surface area contributed by atoms with E-state index in [0.717, 1.165) is 6.54 Å². The molecule has 1 atom stereocenters. The van der Waals surface area contributed by atoms with Crippen molar-refractivity contribution >= 4 is 0 Å². The predicted octanol–water partition coefficient (Wildman–Crippen LogP) is 0.525. The number of hydrogen-bond donors (Lipinski definition) is 1. The summed E-state index contributed by atoms with van der Waals surface area (Å²) in [5.41, 5.74) is 0. The van der Waals surface area contributed by atoms with Crippen molar-refractivity contribution in [1.82, 2.24) is 10.2 Å². The molecule has 1 unspecified atom stereocenters. The Bertz CT molecular complexity index is 131. The molecule has 2 rings (SSSR count). The quantitative estimate of drug-likeness (QED) is 0.506. The molecule has 1 N–H and O–H groups in total. The Hall–Kier alpha value is -0.500. The molecule has 1 saturated heterocycles. The average molecular weight is 124 g/mol. The highest BCUT2D eigenvalue weighted by Gasteiger charge is 2.21. The van der Waals surface area contributed by atoms with Crippen LogP contribution in [0.3, 0.4) is 0 Å². The van der Waals surface area contributed by atoms with Gasteiger partial charge in [0.1, 0.15) is 0 Å². The Morgan fingerprint density at radius 3 is 3.44 bits per heavy atom. The van der Waals surface area contributed by atoms with E-state index in [1.165, 1.54) is 19.4 Å². The molecule has 9 heavy (non-hydrogen) atoms. The summed E-state index contributed by atoms with van der Waals surface area (Å²) in [6.45, 7) is 2.36. The first-order valence-corrected chi connectivity index (χ1v) is 3.62. The zero-order valence-electron chi connectivity index (χ0n) is 5.51. The molecule has 0 saturated carbocycles. The number of fused-ring (bicyclic) bond motifs is 1. The van der Waals surface area contributed by atoms with Crippen molar-refractivity contribution in [3.05, 3.63) is 12.3 Å². The van der Waals surface area contributed by atoms with E-state index in [1.807, 2.05) is 0 Å². The van der Waals surface area contributed by atoms with Crippen LogP contribution in [-0.2, 0) is 0 Å². The highest BCUT2D eigenvalue weighted by Crippen LogP contribution is 2.14. The van der Waals surface area contributed by atoms with E-state index in [0.29, 0.717) is 6.17 Å². The summed E-state index contributed by atoms with van der Waals surface area (Å²) in [7, 11) is 0. The van der Waals surface area contributed by atoms with Gasteiger partial charge in [0.05, 0.1) is 6.17 Å². The number of nitrogens with one attached hydrogen (secondary N) is 1. The van der Waals surface area contributed by atoms with Crippen molar-refractivity contribution in [1.29, 1.82) is 0 Å². The largest absolute Gasteiger partial charge is 0.361 e. The van der Waals surface area contributed by atoms with Crippen molar-refractivity contribution < 1.29 is 0 Å². The second-order valence-electron chi connectivity index (χ2n) is 2.67. The summed E-state index contributed by atoms with van der Waals surface area (Å²) in [6.07, 6.45) is 7.66. The minimum atomic E-state index is 0.662. The minimum Gasteiger partial charge on any atom is -0.361 e. The van der Waals surface area contributed by atoms with Gasteiger partial charge < -0.3 is 4.90 Å². The lowest BCUT2D eigenvalue weighted by atomic mass is 10.2. The lowest BCUT2D eigenvalue weighted by Crippen LogP contribution is -2.33. The van der Waals surface area contributed by atoms with Crippen LogP contribution >= 0.6 is 0 Å². The summed E-state index contributed by atoms with van der Waals surface area (Å²) in [4.78, 5) is 2.38. The lowest BCUT2D eigenvalue weighted by molar-refractivity contribution is 0.299. The third-order valence-corrected chi connectivity index (χ3v) is 2.05. The molecule has 0 aromatic carbocycles. The van der Waals surface area contributed by atoms with Gasteiger partial charge in [-0.2, -0.15) is 0 Å². The van der Waals surface area contributed by atoms with Crippen LogP contribution in [0, 0.1) is 0 Å². The van der Waals surface area contributed by atoms with Crippen LogP contribution in [0.1, 0.15) is 12.8 Å². The van der Waals surface area contributed by atoms with Gasteiger partial charge in [-0.3, -0.25) is 5.32 Å². The Morgan fingerprint density at radius 2 is 2.56 bits per heavy atom. The van der Waals surface area contributed by atoms with E-state index in [1.54, 1.807) is 0 Å². The lowest BCUT2D eigenvalue weighted by Gasteiger charge is -2.25. The third kappa shape index (κ3) is 0.833. The molecule has 0 aromatic heterocycles. The van der Waals surface area contributed by atoms with Crippen LogP contribution in [-0.4, -0.2) is 24.2 Å². The second kappa shape index (κ2) is 2.03. The van der Waals surface area contributed by atoms with Crippen molar-refractivity contribution in [3.63, 3.8) is 0 Å². The van der Waals surface area contributed by atoms with E-state index in [2.05, 4.69) is 22.5 Å². The van der Waals surface area contributed by atoms with Crippen LogP contribution in [0.25, 0.3) is 0 Å². The molecular weight excluding hydrogens is 112 g/mol. The normalized spacial score (nSPS) is 32.9. The smallest absolute Gasteiger partial charge is 0.0794 e. The predicted molar refractivity (Wildman–Crippen MR) is 36.9 cm³/mol. The van der Waals surface area contributed by atoms with Crippen LogP contribution in [0.15, 0.2) is 12.3 Å². The number of allylic oxidation sites excluding steroid dienone is 1. The first kappa shape index (κ1) is 5.30. The number of rotatable bonds is 0. The highest BCUT2D eigenvalue weighted by atomic mass is 15.3. The maximum absolute atomic E-state index is 3.43. The Kier molecular flexibility index (Phi) is 1.19. The summed E-state index contributed by atoms with van der Waals surface area (Å²) in [6, 6.07) is 0. The monoisotopic (exact) mass is 124 g/mol. The molecule has 1 fully saturated rings. The first-order valence-electron chi connectivity index (χ1n) is 3.62. The highest BCUT2D eigenvalue weighted by molar-refractivity contribution is 4.95. The van der Waals surface area contributed by atoms with E-state index in [4.69, 9.17) is 0 Å². The summed E-state index contributed by atoms with van der Waals surface area (Å²) >= 11 is 0. The van der Waals surface area contributed by atoms with E-state index >= 15 is 0 Å². The average Bonchev–Trinajstić information content (AvgIpc) is 2.33. The van der Waals surface area contributed by atoms with E-state index in [9.17, 15) is 0 Å². The van der Waals surface area contributed by atoms with Gasteiger partial charge in [0.15, 0.2) is 0 Å². The standard InChI is InChI=1S/C7H12N2/c1-2-5-9-6-4-8-7(9)3-1/h2,5,7-8H,1,3-4,6H2. The molecule has 2 heterocycles. The van der Waals surface area contributed by atoms with Crippen molar-refractivity contribution in [3.8, 4) is 0 Å². The molecule has 0 aromatic rings. The summed E-state index contributed by atoms with van der Waals surface area (Å²) in [5.74, 6) is 0. The van der Waals surface area contributed by atoms with Crippen LogP contribution < -0.4 is 5.32 Å². The fourth-order valence-corrected chi connectivity index (χ4v) is 1.54. The molecule has 2 heteroatoms. The van der Waals surface area contributed by atoms with Crippen LogP contribution in [0.5, 0.6) is 0 Å². The molecule has 0 bridgehead atoms. The second-order valence-corrected chi connectivity index (χ2v) is 2.67. The molecule has 2 aliphatic heterocycles. The van der Waals surface area contributed by atoms with Crippen LogP contribution in [0.4, 0.5) is 0 Å². The van der Waals surface area contributed by atoms with Gasteiger partial charge in [0, 0.05) is 13.1 Å². The molecule has 0 radical (unpaired) electrons. The van der Waals surface area contributed by atoms with Crippen molar-refractivity contribution in [2.24, 2.45) is 0 Å². The molecule has 50 valence electrons. The first-order chi connectivity index (χ1) is 4.47. The Labute approximate surface area is 55.5 Å². The van der Waals surface area contributed by atoms with Gasteiger partial charge in [0.25, 0.3) is 0 Å². The van der Waals surface area contributed by atoms with Gasteiger partial charge >= 0.3 is 0 Å². The number of nitrogens with zero attached hydrogens (tertiary/aromatic N) is 1. The Balaban J connectivity index is 2.10. The van der Waals surface area contributed by atoms with E-state index < -0.39 is 0 Å². The van der Waals surface area contributed by atoms with Gasteiger partial charge in [-0.15, -0.1) is 0 Å². The van der Waals surface area contributed by atoms with Gasteiger partial charge in [-0.05, 0) is 19.0 Å². The molecule has 2 nitrogen and oxygen atoms in total. The van der Waals surface area contributed by atoms with Crippen LogP contribution in [0.2, 0.25) is 0 Å². The van der Waals surface area contributed by atoms with Crippen molar-refractivity contribution in [2.45, 2.75) is 19.0 Å². The Morgan fingerprint density at radius 1 is 1.56 bits per heavy atom. The fourth-order valence-electron chi connectivity index (χ4n) is 1.54. The SMILES string of the molecule is C1=CN2CCNC2CC1. The summed E-state index contributed by atoms with van der Waals surface area (Å²) in [5, 5.41) is 3.43. The van der Waals surface area contributed by atoms with Gasteiger partial charge in [-0.1, -0.05) is 6.08 Å². The zero-order valence-corrected chi connectivity index (χ0v) is 5.51. The van der Waals surface area contributed by atoms with Gasteiger partial charge in [-0.25, -0.2) is 0 Å². The van der Waals surface area contributed by atoms with E-state index in [-0.39, 0.29) is 0 Å². The fraction of sp³-hybridized carbons (Fsp3) is 0.714. The zero-order chi connectivity index (χ0) is 6.10. The molecule has 0 aliphatic carbocycles. The maximum Gasteiger partial charge on any atom is 0.0794 e. The van der Waals surface area contributed by atoms with Crippen molar-refractivity contribution in [2.75, 3.05) is 13.1 Å². The molecular formula is C7H12N2. The molecule has 0 amide bonds. The van der Waals surface area contributed by atoms with Gasteiger partial charge in [0.2, 0.25) is 0 Å². The maximum atomic E-state index is 3.43. The molecule has 2 aliphatic rings. The third-order valence-electron chi connectivity index (χ3n) is 2.05.